The van der Waals surface area contributed by atoms with Crippen molar-refractivity contribution in [2.45, 2.75) is 33.2 Å². The lowest BCUT2D eigenvalue weighted by molar-refractivity contribution is -0.124. The summed E-state index contributed by atoms with van der Waals surface area (Å²) in [6.07, 6.45) is 0.927. The van der Waals surface area contributed by atoms with Crippen LogP contribution >= 0.6 is 11.3 Å². The Kier molecular flexibility index (Phi) is 4.14. The molecule has 0 aliphatic carbocycles. The van der Waals surface area contributed by atoms with Crippen LogP contribution in [0.4, 0.5) is 0 Å². The molecule has 1 aromatic heterocycles. The van der Waals surface area contributed by atoms with Crippen LogP contribution in [-0.4, -0.2) is 11.9 Å². The van der Waals surface area contributed by atoms with Gasteiger partial charge in [0.15, 0.2) is 0 Å². The number of carbonyl (C=O) groups is 1. The van der Waals surface area contributed by atoms with Crippen LogP contribution < -0.4 is 5.32 Å². The molecule has 14 heavy (non-hydrogen) atoms. The van der Waals surface area contributed by atoms with Crippen molar-refractivity contribution in [3.63, 3.8) is 0 Å². The highest BCUT2D eigenvalue weighted by molar-refractivity contribution is 7.09. The molecule has 1 N–H and O–H groups in total. The maximum absolute atomic E-state index is 11.4. The molecule has 0 aromatic carbocycles. The number of hydrogen-bond donors (Lipinski definition) is 1. The zero-order valence-electron chi connectivity index (χ0n) is 8.91. The van der Waals surface area contributed by atoms with Crippen LogP contribution in [0.5, 0.6) is 0 Å². The highest BCUT2D eigenvalue weighted by Gasteiger charge is 2.11. The standard InChI is InChI=1S/C11H17NOS/c1-8(2)11(13)12-9(3)7-10-5-4-6-14-10/h4-6,8-9H,7H2,1-3H3,(H,12,13). The topological polar surface area (TPSA) is 29.1 Å². The van der Waals surface area contributed by atoms with Gasteiger partial charge in [-0.3, -0.25) is 4.79 Å². The second kappa shape index (κ2) is 5.15. The van der Waals surface area contributed by atoms with Gasteiger partial charge in [-0.05, 0) is 18.4 Å². The van der Waals surface area contributed by atoms with Crippen molar-refractivity contribution >= 4 is 17.2 Å². The Labute approximate surface area is 89.3 Å². The van der Waals surface area contributed by atoms with Gasteiger partial charge in [-0.1, -0.05) is 19.9 Å². The van der Waals surface area contributed by atoms with Gasteiger partial charge in [0.05, 0.1) is 0 Å². The van der Waals surface area contributed by atoms with Crippen LogP contribution in [0.3, 0.4) is 0 Å². The molecule has 0 radical (unpaired) electrons. The van der Waals surface area contributed by atoms with E-state index >= 15 is 0 Å². The second-order valence-corrected chi connectivity index (χ2v) is 4.88. The fourth-order valence-corrected chi connectivity index (χ4v) is 2.03. The molecular weight excluding hydrogens is 194 g/mol. The molecule has 1 heterocycles. The Balaban J connectivity index is 2.36. The maximum Gasteiger partial charge on any atom is 0.222 e. The van der Waals surface area contributed by atoms with Gasteiger partial charge in [0, 0.05) is 23.3 Å². The Morgan fingerprint density at radius 3 is 2.71 bits per heavy atom. The van der Waals surface area contributed by atoms with Crippen molar-refractivity contribution in [3.05, 3.63) is 22.4 Å². The van der Waals surface area contributed by atoms with E-state index in [0.29, 0.717) is 0 Å². The van der Waals surface area contributed by atoms with Crippen molar-refractivity contribution in [3.8, 4) is 0 Å². The summed E-state index contributed by atoms with van der Waals surface area (Å²) in [6.45, 7) is 5.86. The molecule has 3 heteroatoms. The minimum Gasteiger partial charge on any atom is -0.353 e. The first-order valence-corrected chi connectivity index (χ1v) is 5.80. The van der Waals surface area contributed by atoms with Gasteiger partial charge >= 0.3 is 0 Å². The Morgan fingerprint density at radius 1 is 1.50 bits per heavy atom. The third kappa shape index (κ3) is 3.50. The van der Waals surface area contributed by atoms with E-state index in [1.54, 1.807) is 11.3 Å². The zero-order chi connectivity index (χ0) is 10.6. The van der Waals surface area contributed by atoms with E-state index in [0.717, 1.165) is 6.42 Å². The number of hydrogen-bond acceptors (Lipinski definition) is 2. The van der Waals surface area contributed by atoms with Crippen molar-refractivity contribution in [1.29, 1.82) is 0 Å². The molecule has 0 aliphatic heterocycles. The minimum atomic E-state index is 0.0702. The van der Waals surface area contributed by atoms with Gasteiger partial charge < -0.3 is 5.32 Å². The third-order valence-corrected chi connectivity index (χ3v) is 2.90. The van der Waals surface area contributed by atoms with Gasteiger partial charge in [-0.25, -0.2) is 0 Å². The van der Waals surface area contributed by atoms with Crippen LogP contribution in [0.1, 0.15) is 25.6 Å². The quantitative estimate of drug-likeness (QED) is 0.814. The molecule has 1 rings (SSSR count). The van der Waals surface area contributed by atoms with Crippen molar-refractivity contribution < 1.29 is 4.79 Å². The molecule has 0 spiro atoms. The van der Waals surface area contributed by atoms with Crippen molar-refractivity contribution in [2.75, 3.05) is 0 Å². The lowest BCUT2D eigenvalue weighted by atomic mass is 10.1. The highest BCUT2D eigenvalue weighted by atomic mass is 32.1. The second-order valence-electron chi connectivity index (χ2n) is 3.85. The van der Waals surface area contributed by atoms with Crippen LogP contribution in [-0.2, 0) is 11.2 Å². The third-order valence-electron chi connectivity index (χ3n) is 2.00. The van der Waals surface area contributed by atoms with E-state index in [1.165, 1.54) is 4.88 Å². The van der Waals surface area contributed by atoms with E-state index in [2.05, 4.69) is 16.8 Å². The van der Waals surface area contributed by atoms with Gasteiger partial charge in [-0.15, -0.1) is 11.3 Å². The smallest absolute Gasteiger partial charge is 0.222 e. The molecule has 1 amide bonds. The summed E-state index contributed by atoms with van der Waals surface area (Å²) >= 11 is 1.74. The van der Waals surface area contributed by atoms with Gasteiger partial charge in [-0.2, -0.15) is 0 Å². The molecule has 1 unspecified atom stereocenters. The highest BCUT2D eigenvalue weighted by Crippen LogP contribution is 2.11. The first kappa shape index (κ1) is 11.2. The molecule has 2 nitrogen and oxygen atoms in total. The monoisotopic (exact) mass is 211 g/mol. The van der Waals surface area contributed by atoms with Crippen molar-refractivity contribution in [1.82, 2.24) is 5.32 Å². The zero-order valence-corrected chi connectivity index (χ0v) is 9.73. The summed E-state index contributed by atoms with van der Waals surface area (Å²) in [4.78, 5) is 12.7. The lowest BCUT2D eigenvalue weighted by Crippen LogP contribution is -2.36. The van der Waals surface area contributed by atoms with E-state index in [-0.39, 0.29) is 17.9 Å². The number of carbonyl (C=O) groups excluding carboxylic acids is 1. The molecule has 0 aliphatic rings. The summed E-state index contributed by atoms with van der Waals surface area (Å²) in [5.74, 6) is 0.204. The summed E-state index contributed by atoms with van der Waals surface area (Å²) in [6, 6.07) is 4.36. The van der Waals surface area contributed by atoms with Gasteiger partial charge in [0.1, 0.15) is 0 Å². The molecule has 1 aromatic rings. The number of thiophene rings is 1. The first-order chi connectivity index (χ1) is 6.59. The molecule has 0 bridgehead atoms. The molecule has 0 fully saturated rings. The average Bonchev–Trinajstić information content (AvgIpc) is 2.56. The predicted molar refractivity (Wildman–Crippen MR) is 60.5 cm³/mol. The lowest BCUT2D eigenvalue weighted by Gasteiger charge is -2.14. The van der Waals surface area contributed by atoms with Gasteiger partial charge in [0.2, 0.25) is 5.91 Å². The molecule has 1 atom stereocenters. The van der Waals surface area contributed by atoms with Crippen LogP contribution in [0, 0.1) is 5.92 Å². The van der Waals surface area contributed by atoms with E-state index < -0.39 is 0 Å². The molecule has 0 saturated heterocycles. The fraction of sp³-hybridized carbons (Fsp3) is 0.545. The van der Waals surface area contributed by atoms with E-state index in [9.17, 15) is 4.79 Å². The summed E-state index contributed by atoms with van der Waals surface area (Å²) in [5, 5.41) is 5.05. The first-order valence-electron chi connectivity index (χ1n) is 4.92. The van der Waals surface area contributed by atoms with E-state index in [4.69, 9.17) is 0 Å². The molecule has 0 saturated carbocycles. The fourth-order valence-electron chi connectivity index (χ4n) is 1.19. The number of rotatable bonds is 4. The summed E-state index contributed by atoms with van der Waals surface area (Å²) in [5.41, 5.74) is 0. The van der Waals surface area contributed by atoms with E-state index in [1.807, 2.05) is 26.8 Å². The Bertz CT molecular complexity index is 279. The number of nitrogens with one attached hydrogen (secondary N) is 1. The Morgan fingerprint density at radius 2 is 2.21 bits per heavy atom. The minimum absolute atomic E-state index is 0.0702. The molecule has 78 valence electrons. The van der Waals surface area contributed by atoms with Crippen LogP contribution in [0.25, 0.3) is 0 Å². The Hall–Kier alpha value is -0.830. The average molecular weight is 211 g/mol. The van der Waals surface area contributed by atoms with Crippen molar-refractivity contribution in [2.24, 2.45) is 5.92 Å². The largest absolute Gasteiger partial charge is 0.353 e. The maximum atomic E-state index is 11.4. The summed E-state index contributed by atoms with van der Waals surface area (Å²) < 4.78 is 0. The molecular formula is C11H17NOS. The predicted octanol–water partition coefficient (Wildman–Crippen LogP) is 2.45. The van der Waals surface area contributed by atoms with Crippen LogP contribution in [0.2, 0.25) is 0 Å². The van der Waals surface area contributed by atoms with Crippen LogP contribution in [0.15, 0.2) is 17.5 Å². The summed E-state index contributed by atoms with van der Waals surface area (Å²) in [7, 11) is 0. The number of amides is 1. The normalized spacial score (nSPS) is 12.9. The van der Waals surface area contributed by atoms with Gasteiger partial charge in [0.25, 0.3) is 0 Å². The SMILES string of the molecule is CC(Cc1cccs1)NC(=O)C(C)C.